The Hall–Kier alpha value is -6.94. The highest BCUT2D eigenvalue weighted by Crippen LogP contribution is 2.46. The van der Waals surface area contributed by atoms with Crippen LogP contribution in [0.1, 0.15) is 88.9 Å². The van der Waals surface area contributed by atoms with E-state index in [-0.39, 0.29) is 41.8 Å². The first-order valence-corrected chi connectivity index (χ1v) is 22.7. The number of likely N-dealkylation sites (N-methyl/N-ethyl adjacent to an activating group) is 1. The van der Waals surface area contributed by atoms with Gasteiger partial charge < -0.3 is 49.2 Å². The normalized spacial score (nSPS) is 18.5. The van der Waals surface area contributed by atoms with Crippen LogP contribution in [-0.4, -0.2) is 105 Å². The van der Waals surface area contributed by atoms with Crippen LogP contribution in [0.15, 0.2) is 85.2 Å². The Morgan fingerprint density at radius 3 is 1.92 bits per heavy atom. The van der Waals surface area contributed by atoms with Crippen molar-refractivity contribution < 1.29 is 33.4 Å². The molecule has 3 amide bonds. The van der Waals surface area contributed by atoms with Gasteiger partial charge in [0.05, 0.1) is 67.3 Å². The summed E-state index contributed by atoms with van der Waals surface area (Å²) in [6.45, 7) is 9.64. The number of alkyl carbamates (subject to hydrolysis) is 1. The van der Waals surface area contributed by atoms with Crippen LogP contribution in [0.5, 0.6) is 5.75 Å². The lowest BCUT2D eigenvalue weighted by Crippen LogP contribution is -2.51. The molecule has 16 nitrogen and oxygen atoms in total. The highest BCUT2D eigenvalue weighted by Gasteiger charge is 2.39. The average molecular weight is 898 g/mol. The van der Waals surface area contributed by atoms with E-state index in [9.17, 15) is 14.4 Å². The predicted molar refractivity (Wildman–Crippen MR) is 250 cm³/mol. The van der Waals surface area contributed by atoms with Gasteiger partial charge in [-0.05, 0) is 74.9 Å². The monoisotopic (exact) mass is 897 g/mol. The fourth-order valence-corrected chi connectivity index (χ4v) is 9.60. The fourth-order valence-electron chi connectivity index (χ4n) is 9.60. The quantitative estimate of drug-likeness (QED) is 0.0884. The predicted octanol–water partition coefficient (Wildman–Crippen LogP) is 7.77. The molecule has 9 rings (SSSR count). The highest BCUT2D eigenvalue weighted by molar-refractivity contribution is 5.93. The minimum atomic E-state index is -0.702. The molecule has 6 aromatic rings. The van der Waals surface area contributed by atoms with Crippen molar-refractivity contribution in [2.45, 2.75) is 83.8 Å². The SMILES string of the molecule is CN[C@H](C(=O)N1CCC[C@H]1c1ncc(-c2ccc3c(c2)OC(c2ccccc2)n2c-3cc3cc(-c4cnc([C@@H]5CCCN5C(=O)[C@@H](NC(=O)OC)C(C)C)[nH]4)ccc32)[nH]1)C(C)C.COC=O. The van der Waals surface area contributed by atoms with Gasteiger partial charge in [0.15, 0.2) is 0 Å². The Morgan fingerprint density at radius 2 is 1.36 bits per heavy atom. The van der Waals surface area contributed by atoms with Crippen molar-refractivity contribution in [3.8, 4) is 39.5 Å². The third kappa shape index (κ3) is 8.89. The van der Waals surface area contributed by atoms with E-state index in [1.165, 1.54) is 14.2 Å². The zero-order valence-corrected chi connectivity index (χ0v) is 38.5. The number of benzene rings is 3. The molecule has 0 bridgehead atoms. The summed E-state index contributed by atoms with van der Waals surface area (Å²) >= 11 is 0. The maximum absolute atomic E-state index is 13.8. The molecule has 0 radical (unpaired) electrons. The lowest BCUT2D eigenvalue weighted by molar-refractivity contribution is -0.136. The van der Waals surface area contributed by atoms with Crippen molar-refractivity contribution in [3.05, 3.63) is 102 Å². The Labute approximate surface area is 384 Å². The van der Waals surface area contributed by atoms with E-state index in [1.54, 1.807) is 0 Å². The van der Waals surface area contributed by atoms with Gasteiger partial charge in [0, 0.05) is 40.7 Å². The number of rotatable bonds is 12. The summed E-state index contributed by atoms with van der Waals surface area (Å²) in [6.07, 6.45) is 6.07. The molecule has 6 heterocycles. The summed E-state index contributed by atoms with van der Waals surface area (Å²) in [5, 5.41) is 6.99. The molecule has 346 valence electrons. The van der Waals surface area contributed by atoms with Crippen molar-refractivity contribution in [1.29, 1.82) is 0 Å². The number of carbonyl (C=O) groups excluding carboxylic acids is 4. The fraction of sp³-hybridized carbons (Fsp3) is 0.400. The molecule has 16 heteroatoms. The third-order valence-electron chi connectivity index (χ3n) is 12.9. The van der Waals surface area contributed by atoms with Crippen molar-refractivity contribution in [2.24, 2.45) is 11.8 Å². The first-order valence-electron chi connectivity index (χ1n) is 22.7. The van der Waals surface area contributed by atoms with E-state index in [4.69, 9.17) is 24.2 Å². The second-order valence-electron chi connectivity index (χ2n) is 17.7. The number of H-pyrrole nitrogens is 2. The zero-order chi connectivity index (χ0) is 46.6. The third-order valence-corrected chi connectivity index (χ3v) is 12.9. The van der Waals surface area contributed by atoms with Gasteiger partial charge >= 0.3 is 6.09 Å². The average Bonchev–Trinajstić information content (AvgIpc) is 4.19. The molecule has 66 heavy (non-hydrogen) atoms. The molecule has 3 aromatic carbocycles. The van der Waals surface area contributed by atoms with Crippen molar-refractivity contribution in [2.75, 3.05) is 34.4 Å². The number of nitrogens with zero attached hydrogens (tertiary/aromatic N) is 5. The summed E-state index contributed by atoms with van der Waals surface area (Å²) in [4.78, 5) is 68.9. The molecule has 0 spiro atoms. The molecule has 5 atom stereocenters. The largest absolute Gasteiger partial charge is 0.471 e. The maximum Gasteiger partial charge on any atom is 0.407 e. The van der Waals surface area contributed by atoms with E-state index in [1.807, 2.05) is 61.3 Å². The summed E-state index contributed by atoms with van der Waals surface area (Å²) in [5.74, 6) is 2.32. The summed E-state index contributed by atoms with van der Waals surface area (Å²) in [7, 11) is 4.46. The molecule has 0 aliphatic carbocycles. The van der Waals surface area contributed by atoms with Crippen LogP contribution >= 0.6 is 0 Å². The van der Waals surface area contributed by atoms with Crippen LogP contribution in [0.2, 0.25) is 0 Å². The highest BCUT2D eigenvalue weighted by atomic mass is 16.5. The van der Waals surface area contributed by atoms with Gasteiger partial charge in [-0.2, -0.15) is 0 Å². The number of amides is 3. The number of likely N-dealkylation sites (tertiary alicyclic amines) is 2. The second-order valence-corrected chi connectivity index (χ2v) is 17.7. The van der Waals surface area contributed by atoms with E-state index in [0.717, 1.165) is 99.9 Å². The first-order chi connectivity index (χ1) is 32.0. The minimum absolute atomic E-state index is 0.0999. The maximum atomic E-state index is 13.8. The Balaban J connectivity index is 0.00000142. The molecule has 2 fully saturated rings. The molecular weight excluding hydrogens is 839 g/mol. The number of hydrogen-bond donors (Lipinski definition) is 4. The summed E-state index contributed by atoms with van der Waals surface area (Å²) in [6, 6.07) is 23.9. The number of imidazole rings is 2. The van der Waals surface area contributed by atoms with Gasteiger partial charge in [-0.25, -0.2) is 14.8 Å². The van der Waals surface area contributed by atoms with E-state index >= 15 is 0 Å². The molecule has 3 aromatic heterocycles. The Kier molecular flexibility index (Phi) is 13.6. The number of ether oxygens (including phenoxy) is 3. The van der Waals surface area contributed by atoms with Gasteiger partial charge in [-0.3, -0.25) is 14.4 Å². The van der Waals surface area contributed by atoms with E-state index < -0.39 is 18.4 Å². The molecule has 0 saturated carbocycles. The van der Waals surface area contributed by atoms with Crippen LogP contribution in [-0.2, 0) is 23.9 Å². The molecular formula is C50H59N9O7. The van der Waals surface area contributed by atoms with Crippen LogP contribution < -0.4 is 15.4 Å². The van der Waals surface area contributed by atoms with Crippen LogP contribution in [0.4, 0.5) is 4.79 Å². The molecule has 4 N–H and O–H groups in total. The Morgan fingerprint density at radius 1 is 0.788 bits per heavy atom. The second kappa shape index (κ2) is 19.7. The van der Waals surface area contributed by atoms with Gasteiger partial charge in [0.25, 0.3) is 6.47 Å². The first kappa shape index (κ1) is 45.6. The topological polar surface area (TPSA) is 189 Å². The molecule has 3 aliphatic heterocycles. The number of aromatic amines is 2. The van der Waals surface area contributed by atoms with Gasteiger partial charge in [-0.1, -0.05) is 70.2 Å². The minimum Gasteiger partial charge on any atom is -0.471 e. The van der Waals surface area contributed by atoms with Gasteiger partial charge in [-0.15, -0.1) is 0 Å². The zero-order valence-electron chi connectivity index (χ0n) is 38.5. The number of hydrogen-bond acceptors (Lipinski definition) is 10. The van der Waals surface area contributed by atoms with Crippen LogP contribution in [0.3, 0.4) is 0 Å². The standard InChI is InChI=1S/C48H55N9O5.C2H4O2/c1-27(2)41(49-5)45(58)55-20-10-14-37(55)43-51-26-35(53-43)31-16-18-33-39-23-32-22-30(17-19-36(32)57(39)47(62-40(33)24-31)29-12-8-7-9-13-29)34-25-50-44(52-34)38-15-11-21-56(38)46(59)42(28(3)4)54-48(60)61-6;1-4-2-3/h7-9,12-13,16-19,22-28,37-38,41-42,47,49H,10-11,14-15,20-21H2,1-6H3,(H,50,52)(H,51,53)(H,54,60);2H,1H3/t37-,38-,41-,42-,47?;/m0./s1. The van der Waals surface area contributed by atoms with E-state index in [2.05, 4.69) is 98.4 Å². The van der Waals surface area contributed by atoms with Crippen molar-refractivity contribution >= 4 is 35.3 Å². The van der Waals surface area contributed by atoms with Gasteiger partial charge in [0.2, 0.25) is 18.0 Å². The number of aromatic nitrogens is 5. The van der Waals surface area contributed by atoms with Crippen LogP contribution in [0, 0.1) is 11.8 Å². The lowest BCUT2D eigenvalue weighted by Gasteiger charge is -2.30. The van der Waals surface area contributed by atoms with E-state index in [0.29, 0.717) is 13.0 Å². The number of fused-ring (bicyclic) bond motifs is 5. The smallest absolute Gasteiger partial charge is 0.407 e. The summed E-state index contributed by atoms with van der Waals surface area (Å²) in [5.41, 5.74) is 7.72. The number of methoxy groups -OCH3 is 2. The molecule has 1 unspecified atom stereocenters. The lowest BCUT2D eigenvalue weighted by atomic mass is 10.0. The molecule has 3 aliphatic rings. The molecule has 2 saturated heterocycles. The number of nitrogens with one attached hydrogen (secondary N) is 4. The van der Waals surface area contributed by atoms with Crippen molar-refractivity contribution in [3.63, 3.8) is 0 Å². The summed E-state index contributed by atoms with van der Waals surface area (Å²) < 4.78 is 17.9. The number of carbonyl (C=O) groups is 4. The van der Waals surface area contributed by atoms with Gasteiger partial charge in [0.1, 0.15) is 23.4 Å². The Bertz CT molecular complexity index is 2690. The van der Waals surface area contributed by atoms with Crippen molar-refractivity contribution in [1.82, 2.24) is 44.9 Å². The van der Waals surface area contributed by atoms with Crippen LogP contribution in [0.25, 0.3) is 44.7 Å².